The molecule has 3 aromatic rings. The summed E-state index contributed by atoms with van der Waals surface area (Å²) < 4.78 is 0.964. The predicted octanol–water partition coefficient (Wildman–Crippen LogP) is 6.23. The molecule has 5 nitrogen and oxygen atoms in total. The van der Waals surface area contributed by atoms with Gasteiger partial charge in [0.1, 0.15) is 5.82 Å². The molecular formula is C24H27BrN4O. The number of aromatic nitrogens is 2. The van der Waals surface area contributed by atoms with E-state index < -0.39 is 0 Å². The van der Waals surface area contributed by atoms with Gasteiger partial charge in [-0.3, -0.25) is 4.79 Å². The number of fused-ring (bicyclic) bond motifs is 1. The Balaban J connectivity index is 1.50. The number of hydrogen-bond donors (Lipinski definition) is 2. The van der Waals surface area contributed by atoms with Gasteiger partial charge in [0, 0.05) is 29.0 Å². The lowest BCUT2D eigenvalue weighted by Crippen LogP contribution is -2.21. The van der Waals surface area contributed by atoms with Crippen LogP contribution < -0.4 is 10.2 Å². The van der Waals surface area contributed by atoms with Crippen LogP contribution in [0, 0.1) is 0 Å². The van der Waals surface area contributed by atoms with Crippen LogP contribution in [0.25, 0.3) is 11.0 Å². The van der Waals surface area contributed by atoms with Crippen molar-refractivity contribution in [2.45, 2.75) is 50.9 Å². The van der Waals surface area contributed by atoms with Gasteiger partial charge in [-0.25, -0.2) is 4.98 Å². The third kappa shape index (κ3) is 3.97. The van der Waals surface area contributed by atoms with Crippen molar-refractivity contribution in [2.75, 3.05) is 23.3 Å². The Morgan fingerprint density at radius 1 is 1.03 bits per heavy atom. The number of benzene rings is 2. The first-order valence-electron chi connectivity index (χ1n) is 11.0. The maximum absolute atomic E-state index is 12.9. The largest absolute Gasteiger partial charge is 0.370 e. The summed E-state index contributed by atoms with van der Waals surface area (Å²) in [5, 5.41) is 3.16. The van der Waals surface area contributed by atoms with Crippen LogP contribution in [0.2, 0.25) is 0 Å². The molecule has 1 saturated carbocycles. The molecule has 2 fully saturated rings. The first-order valence-corrected chi connectivity index (χ1v) is 11.8. The topological polar surface area (TPSA) is 61.0 Å². The number of carbonyl (C=O) groups is 1. The smallest absolute Gasteiger partial charge is 0.255 e. The molecule has 0 atom stereocenters. The summed E-state index contributed by atoms with van der Waals surface area (Å²) in [6.45, 7) is 2.04. The number of hydrogen-bond acceptors (Lipinski definition) is 3. The van der Waals surface area contributed by atoms with Crippen LogP contribution in [0.1, 0.15) is 67.0 Å². The van der Waals surface area contributed by atoms with E-state index in [0.717, 1.165) is 45.8 Å². The molecule has 0 bridgehead atoms. The van der Waals surface area contributed by atoms with E-state index in [4.69, 9.17) is 4.98 Å². The Labute approximate surface area is 185 Å². The van der Waals surface area contributed by atoms with Gasteiger partial charge in [0.25, 0.3) is 5.91 Å². The lowest BCUT2D eigenvalue weighted by Gasteiger charge is -2.21. The number of halogens is 1. The summed E-state index contributed by atoms with van der Waals surface area (Å²) in [4.78, 5) is 23.8. The first kappa shape index (κ1) is 19.6. The van der Waals surface area contributed by atoms with E-state index in [9.17, 15) is 4.79 Å². The van der Waals surface area contributed by atoms with Crippen LogP contribution in [-0.2, 0) is 0 Å². The van der Waals surface area contributed by atoms with E-state index in [0.29, 0.717) is 11.5 Å². The summed E-state index contributed by atoms with van der Waals surface area (Å²) in [5.41, 5.74) is 4.59. The van der Waals surface area contributed by atoms with Gasteiger partial charge in [0.05, 0.1) is 22.4 Å². The van der Waals surface area contributed by atoms with Crippen molar-refractivity contribution in [1.29, 1.82) is 0 Å². The van der Waals surface area contributed by atoms with E-state index >= 15 is 0 Å². The highest BCUT2D eigenvalue weighted by Gasteiger charge is 2.22. The molecule has 0 radical (unpaired) electrons. The average Bonchev–Trinajstić information content (AvgIpc) is 3.44. The highest BCUT2D eigenvalue weighted by Crippen LogP contribution is 2.36. The molecule has 1 aliphatic heterocycles. The van der Waals surface area contributed by atoms with E-state index in [2.05, 4.69) is 43.3 Å². The van der Waals surface area contributed by atoms with Gasteiger partial charge in [0.15, 0.2) is 0 Å². The molecule has 2 heterocycles. The van der Waals surface area contributed by atoms with Crippen molar-refractivity contribution >= 4 is 44.2 Å². The quantitative estimate of drug-likeness (QED) is 0.479. The molecule has 2 N–H and O–H groups in total. The van der Waals surface area contributed by atoms with Gasteiger partial charge in [-0.05, 0) is 62.1 Å². The van der Waals surface area contributed by atoms with Crippen LogP contribution in [0.4, 0.5) is 11.4 Å². The number of imidazole rings is 1. The molecule has 156 valence electrons. The van der Waals surface area contributed by atoms with E-state index in [-0.39, 0.29) is 5.91 Å². The minimum atomic E-state index is -0.0886. The van der Waals surface area contributed by atoms with Gasteiger partial charge in [-0.2, -0.15) is 0 Å². The van der Waals surface area contributed by atoms with Gasteiger partial charge >= 0.3 is 0 Å². The molecule has 1 saturated heterocycles. The van der Waals surface area contributed by atoms with Crippen molar-refractivity contribution in [3.05, 3.63) is 52.3 Å². The van der Waals surface area contributed by atoms with Crippen LogP contribution >= 0.6 is 15.9 Å². The second kappa shape index (κ2) is 8.42. The Morgan fingerprint density at radius 2 is 1.77 bits per heavy atom. The molecule has 2 aliphatic rings. The predicted molar refractivity (Wildman–Crippen MR) is 125 cm³/mol. The fourth-order valence-corrected chi connectivity index (χ4v) is 5.01. The fraction of sp³-hybridized carbons (Fsp3) is 0.417. The zero-order valence-electron chi connectivity index (χ0n) is 17.1. The molecule has 1 aliphatic carbocycles. The summed E-state index contributed by atoms with van der Waals surface area (Å²) in [6, 6.07) is 11.7. The fourth-order valence-electron chi connectivity index (χ4n) is 4.75. The third-order valence-electron chi connectivity index (χ3n) is 6.41. The molecular weight excluding hydrogens is 440 g/mol. The van der Waals surface area contributed by atoms with Crippen molar-refractivity contribution in [3.8, 4) is 0 Å². The Bertz CT molecular complexity index is 1050. The van der Waals surface area contributed by atoms with Crippen molar-refractivity contribution < 1.29 is 4.79 Å². The van der Waals surface area contributed by atoms with Gasteiger partial charge < -0.3 is 15.2 Å². The number of carbonyl (C=O) groups excluding carboxylic acids is 1. The normalized spacial score (nSPS) is 17.6. The lowest BCUT2D eigenvalue weighted by atomic mass is 9.89. The summed E-state index contributed by atoms with van der Waals surface area (Å²) in [6.07, 6.45) is 8.71. The number of amides is 1. The highest BCUT2D eigenvalue weighted by atomic mass is 79.9. The van der Waals surface area contributed by atoms with Crippen LogP contribution in [0.5, 0.6) is 0 Å². The molecule has 30 heavy (non-hydrogen) atoms. The van der Waals surface area contributed by atoms with Crippen LogP contribution in [0.15, 0.2) is 40.9 Å². The summed E-state index contributed by atoms with van der Waals surface area (Å²) in [5.74, 6) is 1.55. The zero-order valence-corrected chi connectivity index (χ0v) is 18.7. The second-order valence-electron chi connectivity index (χ2n) is 8.50. The van der Waals surface area contributed by atoms with Crippen LogP contribution in [0.3, 0.4) is 0 Å². The third-order valence-corrected chi connectivity index (χ3v) is 6.94. The van der Waals surface area contributed by atoms with E-state index in [1.807, 2.05) is 24.3 Å². The maximum atomic E-state index is 12.9. The van der Waals surface area contributed by atoms with Gasteiger partial charge in [-0.15, -0.1) is 0 Å². The number of rotatable bonds is 4. The Hall–Kier alpha value is -2.34. The first-order chi connectivity index (χ1) is 14.7. The molecule has 2 aromatic carbocycles. The number of H-pyrrole nitrogens is 1. The number of nitrogens with one attached hydrogen (secondary N) is 2. The molecule has 6 heteroatoms. The SMILES string of the molecule is O=C(Nc1cc2[nH]c(C3CCCCC3)nc2cc1N1CCCC1)c1ccc(Br)cc1. The monoisotopic (exact) mass is 466 g/mol. The van der Waals surface area contributed by atoms with Crippen molar-refractivity contribution in [2.24, 2.45) is 0 Å². The molecule has 1 amide bonds. The van der Waals surface area contributed by atoms with Gasteiger partial charge in [0.2, 0.25) is 0 Å². The van der Waals surface area contributed by atoms with Crippen LogP contribution in [-0.4, -0.2) is 29.0 Å². The number of nitrogens with zero attached hydrogens (tertiary/aromatic N) is 2. The molecule has 1 aromatic heterocycles. The number of anilines is 2. The Morgan fingerprint density at radius 3 is 2.50 bits per heavy atom. The molecule has 5 rings (SSSR count). The van der Waals surface area contributed by atoms with E-state index in [1.165, 1.54) is 44.9 Å². The molecule has 0 unspecified atom stereocenters. The maximum Gasteiger partial charge on any atom is 0.255 e. The average molecular weight is 467 g/mol. The summed E-state index contributed by atoms with van der Waals surface area (Å²) >= 11 is 3.43. The zero-order chi connectivity index (χ0) is 20.5. The number of aromatic amines is 1. The Kier molecular flexibility index (Phi) is 5.50. The van der Waals surface area contributed by atoms with E-state index in [1.54, 1.807) is 0 Å². The standard InChI is InChI=1S/C24H27BrN4O/c25-18-10-8-17(9-11-18)24(30)28-21-14-19-20(15-22(21)29-12-4-5-13-29)27-23(26-19)16-6-2-1-3-7-16/h8-11,14-16H,1-7,12-13H2,(H,26,27)(H,28,30). The second-order valence-corrected chi connectivity index (χ2v) is 9.41. The van der Waals surface area contributed by atoms with Crippen molar-refractivity contribution in [1.82, 2.24) is 9.97 Å². The highest BCUT2D eigenvalue weighted by molar-refractivity contribution is 9.10. The van der Waals surface area contributed by atoms with Crippen molar-refractivity contribution in [3.63, 3.8) is 0 Å². The van der Waals surface area contributed by atoms with Gasteiger partial charge in [-0.1, -0.05) is 35.2 Å². The minimum absolute atomic E-state index is 0.0886. The summed E-state index contributed by atoms with van der Waals surface area (Å²) in [7, 11) is 0. The lowest BCUT2D eigenvalue weighted by molar-refractivity contribution is 0.102. The molecule has 0 spiro atoms. The minimum Gasteiger partial charge on any atom is -0.370 e.